The lowest BCUT2D eigenvalue weighted by Crippen LogP contribution is -2.35. The standard InChI is InChI=1S/C31H40N/c1-18(2)30(19(3)4)24-12-13-26-25(16-24)15-21(6)32(7)31(26)27-17-29-23-10-8-22(9-11-23)28(29)14-20(27)5/h12-19,22-23,30H,8-11H2,1-7H3/q+1. The Morgan fingerprint density at radius 2 is 1.38 bits per heavy atom. The number of fused-ring (bicyclic) bond motifs is 3. The molecule has 6 rings (SSSR count). The first kappa shape index (κ1) is 21.7. The maximum absolute atomic E-state index is 2.58. The molecule has 1 saturated carbocycles. The van der Waals surface area contributed by atoms with Crippen LogP contribution >= 0.6 is 0 Å². The van der Waals surface area contributed by atoms with Gasteiger partial charge in [0.05, 0.1) is 10.9 Å². The summed E-state index contributed by atoms with van der Waals surface area (Å²) in [5.74, 6) is 3.47. The molecule has 1 fully saturated rings. The van der Waals surface area contributed by atoms with Crippen LogP contribution in [0.4, 0.5) is 0 Å². The third kappa shape index (κ3) is 3.40. The SMILES string of the molecule is Cc1cc2c(cc1-c1c3ccc(C(C(C)C)C(C)C)cc3cc(C)[n+]1C)C1CCC2CC1. The normalized spacial score (nSPS) is 20.1. The van der Waals surface area contributed by atoms with Crippen LogP contribution in [0.5, 0.6) is 0 Å². The molecule has 2 bridgehead atoms. The van der Waals surface area contributed by atoms with E-state index in [2.05, 4.69) is 89.6 Å². The maximum atomic E-state index is 2.58. The number of rotatable bonds is 4. The smallest absolute Gasteiger partial charge is 0.198 e. The highest BCUT2D eigenvalue weighted by Crippen LogP contribution is 2.51. The maximum Gasteiger partial charge on any atom is 0.220 e. The molecule has 0 N–H and O–H groups in total. The predicted molar refractivity (Wildman–Crippen MR) is 136 cm³/mol. The predicted octanol–water partition coefficient (Wildman–Crippen LogP) is 8.10. The lowest BCUT2D eigenvalue weighted by atomic mass is 9.66. The third-order valence-electron chi connectivity index (χ3n) is 8.67. The van der Waals surface area contributed by atoms with Crippen molar-refractivity contribution in [1.29, 1.82) is 0 Å². The number of aromatic nitrogens is 1. The molecule has 1 heteroatoms. The molecule has 2 aromatic carbocycles. The van der Waals surface area contributed by atoms with Gasteiger partial charge in [0, 0.05) is 13.0 Å². The van der Waals surface area contributed by atoms with Gasteiger partial charge >= 0.3 is 0 Å². The van der Waals surface area contributed by atoms with E-state index in [-0.39, 0.29) is 0 Å². The van der Waals surface area contributed by atoms with Crippen molar-refractivity contribution in [2.75, 3.05) is 0 Å². The topological polar surface area (TPSA) is 3.88 Å². The molecule has 0 atom stereocenters. The van der Waals surface area contributed by atoms with Gasteiger partial charge < -0.3 is 0 Å². The number of nitrogens with zero attached hydrogens (tertiary/aromatic N) is 1. The van der Waals surface area contributed by atoms with E-state index in [1.807, 2.05) is 0 Å². The molecule has 3 aliphatic rings. The molecule has 0 unspecified atom stereocenters. The van der Waals surface area contributed by atoms with Gasteiger partial charge in [-0.25, -0.2) is 0 Å². The molecule has 0 radical (unpaired) electrons. The summed E-state index contributed by atoms with van der Waals surface area (Å²) in [5, 5.41) is 2.77. The van der Waals surface area contributed by atoms with Crippen molar-refractivity contribution in [3.63, 3.8) is 0 Å². The van der Waals surface area contributed by atoms with Crippen LogP contribution in [0.25, 0.3) is 22.0 Å². The number of benzene rings is 2. The van der Waals surface area contributed by atoms with Crippen molar-refractivity contribution >= 4 is 10.8 Å². The number of pyridine rings is 1. The van der Waals surface area contributed by atoms with E-state index in [0.717, 1.165) is 11.8 Å². The zero-order chi connectivity index (χ0) is 22.7. The second kappa shape index (κ2) is 8.01. The second-order valence-electron chi connectivity index (χ2n) is 11.4. The van der Waals surface area contributed by atoms with E-state index in [0.29, 0.717) is 17.8 Å². The molecule has 1 aromatic heterocycles. The molecular formula is C31H40N+. The van der Waals surface area contributed by atoms with Crippen molar-refractivity contribution in [2.24, 2.45) is 18.9 Å². The van der Waals surface area contributed by atoms with E-state index in [1.54, 1.807) is 11.1 Å². The summed E-state index contributed by atoms with van der Waals surface area (Å²) >= 11 is 0. The van der Waals surface area contributed by atoms with Crippen LogP contribution in [0, 0.1) is 25.7 Å². The van der Waals surface area contributed by atoms with Gasteiger partial charge in [-0.3, -0.25) is 0 Å². The van der Waals surface area contributed by atoms with Crippen LogP contribution in [0.15, 0.2) is 36.4 Å². The lowest BCUT2D eigenvalue weighted by molar-refractivity contribution is -0.665. The second-order valence-corrected chi connectivity index (χ2v) is 11.4. The Labute approximate surface area is 194 Å². The first-order valence-electron chi connectivity index (χ1n) is 12.8. The van der Waals surface area contributed by atoms with Crippen LogP contribution in [-0.4, -0.2) is 0 Å². The van der Waals surface area contributed by atoms with Gasteiger partial charge in [-0.2, -0.15) is 4.57 Å². The average Bonchev–Trinajstić information content (AvgIpc) is 2.75. The highest BCUT2D eigenvalue weighted by Gasteiger charge is 2.34. The van der Waals surface area contributed by atoms with E-state index in [9.17, 15) is 0 Å². The molecule has 0 aliphatic heterocycles. The molecule has 1 heterocycles. The molecule has 168 valence electrons. The highest BCUT2D eigenvalue weighted by molar-refractivity contribution is 5.94. The first-order chi connectivity index (χ1) is 15.3. The molecule has 0 amide bonds. The van der Waals surface area contributed by atoms with Gasteiger partial charge in [-0.05, 0) is 102 Å². The summed E-state index contributed by atoms with van der Waals surface area (Å²) in [6, 6.07) is 14.8. The van der Waals surface area contributed by atoms with Gasteiger partial charge in [0.1, 0.15) is 7.05 Å². The Balaban J connectivity index is 1.71. The molecule has 32 heavy (non-hydrogen) atoms. The summed E-state index contributed by atoms with van der Waals surface area (Å²) in [6.45, 7) is 14.0. The van der Waals surface area contributed by atoms with E-state index in [4.69, 9.17) is 0 Å². The molecule has 0 saturated heterocycles. The minimum Gasteiger partial charge on any atom is -0.198 e. The van der Waals surface area contributed by atoms with Gasteiger partial charge in [0.15, 0.2) is 5.69 Å². The Hall–Kier alpha value is -2.15. The van der Waals surface area contributed by atoms with E-state index >= 15 is 0 Å². The molecule has 3 aliphatic carbocycles. The molecule has 1 nitrogen and oxygen atoms in total. The van der Waals surface area contributed by atoms with Crippen LogP contribution < -0.4 is 4.57 Å². The van der Waals surface area contributed by atoms with Crippen LogP contribution in [0.1, 0.15) is 99.1 Å². The van der Waals surface area contributed by atoms with Crippen molar-refractivity contribution in [3.05, 3.63) is 64.3 Å². The van der Waals surface area contributed by atoms with Gasteiger partial charge in [-0.1, -0.05) is 45.9 Å². The zero-order valence-electron chi connectivity index (χ0n) is 21.1. The van der Waals surface area contributed by atoms with Gasteiger partial charge in [-0.15, -0.1) is 0 Å². The van der Waals surface area contributed by atoms with E-state index in [1.165, 1.54) is 64.5 Å². The van der Waals surface area contributed by atoms with Crippen LogP contribution in [0.2, 0.25) is 0 Å². The van der Waals surface area contributed by atoms with Gasteiger partial charge in [0.25, 0.3) is 0 Å². The van der Waals surface area contributed by atoms with Crippen molar-refractivity contribution in [1.82, 2.24) is 0 Å². The summed E-state index contributed by atoms with van der Waals surface area (Å²) in [5.41, 5.74) is 10.4. The fraction of sp³-hybridized carbons (Fsp3) is 0.516. The van der Waals surface area contributed by atoms with Crippen molar-refractivity contribution < 1.29 is 4.57 Å². The van der Waals surface area contributed by atoms with Crippen LogP contribution in [-0.2, 0) is 7.05 Å². The first-order valence-corrected chi connectivity index (χ1v) is 12.8. The minimum absolute atomic E-state index is 0.596. The summed E-state index contributed by atoms with van der Waals surface area (Å²) in [4.78, 5) is 0. The van der Waals surface area contributed by atoms with Crippen LogP contribution in [0.3, 0.4) is 0 Å². The molecular weight excluding hydrogens is 386 g/mol. The van der Waals surface area contributed by atoms with Crippen molar-refractivity contribution in [2.45, 2.75) is 85.0 Å². The fourth-order valence-corrected chi connectivity index (χ4v) is 7.09. The third-order valence-corrected chi connectivity index (χ3v) is 8.67. The monoisotopic (exact) mass is 426 g/mol. The Kier molecular flexibility index (Phi) is 5.43. The Bertz CT molecular complexity index is 1170. The summed E-state index contributed by atoms with van der Waals surface area (Å²) < 4.78 is 2.42. The largest absolute Gasteiger partial charge is 0.220 e. The van der Waals surface area contributed by atoms with Gasteiger partial charge in [0.2, 0.25) is 5.69 Å². The lowest BCUT2D eigenvalue weighted by Gasteiger charge is -2.38. The Morgan fingerprint density at radius 1 is 0.781 bits per heavy atom. The number of hydrogen-bond donors (Lipinski definition) is 0. The average molecular weight is 427 g/mol. The van der Waals surface area contributed by atoms with Crippen molar-refractivity contribution in [3.8, 4) is 11.3 Å². The van der Waals surface area contributed by atoms with E-state index < -0.39 is 0 Å². The fourth-order valence-electron chi connectivity index (χ4n) is 7.09. The highest BCUT2D eigenvalue weighted by atomic mass is 14.9. The number of aryl methyl sites for hydroxylation is 2. The Morgan fingerprint density at radius 3 is 1.97 bits per heavy atom. The summed E-state index contributed by atoms with van der Waals surface area (Å²) in [6.07, 6.45) is 5.56. The zero-order valence-corrected chi connectivity index (χ0v) is 21.1. The molecule has 0 spiro atoms. The number of hydrogen-bond acceptors (Lipinski definition) is 0. The molecule has 3 aromatic rings. The quantitative estimate of drug-likeness (QED) is 0.371. The summed E-state index contributed by atoms with van der Waals surface area (Å²) in [7, 11) is 2.24. The minimum atomic E-state index is 0.596.